The topological polar surface area (TPSA) is 58.6 Å². The Hall–Kier alpha value is -1.60. The molecule has 1 fully saturated rings. The molecule has 7 heteroatoms. The van der Waals surface area contributed by atoms with E-state index >= 15 is 0 Å². The Kier molecular flexibility index (Phi) is 6.76. The zero-order chi connectivity index (χ0) is 19.3. The lowest BCUT2D eigenvalue weighted by Crippen LogP contribution is -2.40. The molecule has 0 radical (unpaired) electrons. The molecule has 0 aliphatic carbocycles. The molecule has 1 N–H and O–H groups in total. The van der Waals surface area contributed by atoms with Gasteiger partial charge in [-0.3, -0.25) is 4.90 Å². The number of nitrogens with zero attached hydrogens (tertiary/aromatic N) is 1. The molecule has 0 unspecified atom stereocenters. The average Bonchev–Trinajstić information content (AvgIpc) is 2.69. The molecule has 0 aromatic heterocycles. The normalized spacial score (nSPS) is 16.8. The van der Waals surface area contributed by atoms with E-state index in [1.165, 1.54) is 12.5 Å². The van der Waals surface area contributed by atoms with E-state index in [-0.39, 0.29) is 16.0 Å². The van der Waals surface area contributed by atoms with E-state index in [0.29, 0.717) is 6.54 Å². The van der Waals surface area contributed by atoms with Gasteiger partial charge in [-0.05, 0) is 55.8 Å². The minimum Gasteiger partial charge on any atom is -0.497 e. The van der Waals surface area contributed by atoms with Crippen molar-refractivity contribution in [3.05, 3.63) is 59.1 Å². The molecule has 0 bridgehead atoms. The highest BCUT2D eigenvalue weighted by Crippen LogP contribution is 2.27. The van der Waals surface area contributed by atoms with Crippen LogP contribution in [-0.2, 0) is 10.0 Å². The van der Waals surface area contributed by atoms with Gasteiger partial charge in [-0.25, -0.2) is 13.1 Å². The van der Waals surface area contributed by atoms with Gasteiger partial charge in [-0.1, -0.05) is 42.3 Å². The summed E-state index contributed by atoms with van der Waals surface area (Å²) in [6.07, 6.45) is 3.48. The first-order valence-corrected chi connectivity index (χ1v) is 11.0. The number of methoxy groups -OCH3 is 1. The van der Waals surface area contributed by atoms with E-state index in [2.05, 4.69) is 9.62 Å². The molecular weight excluding hydrogens is 384 g/mol. The molecule has 27 heavy (non-hydrogen) atoms. The third-order valence-electron chi connectivity index (χ3n) is 4.92. The molecule has 0 spiro atoms. The first-order chi connectivity index (χ1) is 13.0. The lowest BCUT2D eigenvalue weighted by molar-refractivity contribution is 0.164. The summed E-state index contributed by atoms with van der Waals surface area (Å²) < 4.78 is 33.5. The third kappa shape index (κ3) is 5.02. The van der Waals surface area contributed by atoms with Gasteiger partial charge < -0.3 is 4.74 Å². The van der Waals surface area contributed by atoms with Crippen LogP contribution in [-0.4, -0.2) is 40.1 Å². The predicted molar refractivity (Wildman–Crippen MR) is 108 cm³/mol. The summed E-state index contributed by atoms with van der Waals surface area (Å²) in [5.74, 6) is 0.785. The molecule has 1 aliphatic rings. The van der Waals surface area contributed by atoms with Crippen LogP contribution >= 0.6 is 11.6 Å². The standard InChI is InChI=1S/C20H25ClN2O3S/c1-26-17-11-9-16(10-12-17)19(23-13-5-2-6-14-23)15-22-27(24,25)20-8-4-3-7-18(20)21/h3-4,7-12,19,22H,2,5-6,13-15H2,1H3/t19-/m1/s1. The monoisotopic (exact) mass is 408 g/mol. The quantitative estimate of drug-likeness (QED) is 0.755. The van der Waals surface area contributed by atoms with Gasteiger partial charge in [0.15, 0.2) is 0 Å². The van der Waals surface area contributed by atoms with Crippen LogP contribution in [0, 0.1) is 0 Å². The van der Waals surface area contributed by atoms with Crippen molar-refractivity contribution >= 4 is 21.6 Å². The molecule has 0 amide bonds. The van der Waals surface area contributed by atoms with Crippen molar-refractivity contribution in [2.24, 2.45) is 0 Å². The van der Waals surface area contributed by atoms with Crippen LogP contribution in [0.15, 0.2) is 53.4 Å². The van der Waals surface area contributed by atoms with Gasteiger partial charge in [-0.15, -0.1) is 0 Å². The van der Waals surface area contributed by atoms with Crippen molar-refractivity contribution in [1.82, 2.24) is 9.62 Å². The van der Waals surface area contributed by atoms with Gasteiger partial charge in [0.05, 0.1) is 12.1 Å². The fourth-order valence-electron chi connectivity index (χ4n) is 3.44. The van der Waals surface area contributed by atoms with E-state index in [9.17, 15) is 8.42 Å². The Balaban J connectivity index is 1.81. The number of sulfonamides is 1. The molecule has 2 aromatic carbocycles. The summed E-state index contributed by atoms with van der Waals surface area (Å²) in [4.78, 5) is 2.46. The summed E-state index contributed by atoms with van der Waals surface area (Å²) in [6, 6.07) is 14.3. The van der Waals surface area contributed by atoms with Crippen LogP contribution in [0.1, 0.15) is 30.9 Å². The van der Waals surface area contributed by atoms with Gasteiger partial charge in [0.25, 0.3) is 0 Å². The van der Waals surface area contributed by atoms with E-state index in [4.69, 9.17) is 16.3 Å². The highest BCUT2D eigenvalue weighted by atomic mass is 35.5. The Morgan fingerprint density at radius 1 is 1.07 bits per heavy atom. The first kappa shape index (κ1) is 20.1. The van der Waals surface area contributed by atoms with E-state index in [1.54, 1.807) is 25.3 Å². The lowest BCUT2D eigenvalue weighted by Gasteiger charge is -2.35. The van der Waals surface area contributed by atoms with Gasteiger partial charge in [0.1, 0.15) is 10.6 Å². The van der Waals surface area contributed by atoms with Crippen LogP contribution < -0.4 is 9.46 Å². The largest absolute Gasteiger partial charge is 0.497 e. The van der Waals surface area contributed by atoms with Crippen LogP contribution in [0.2, 0.25) is 5.02 Å². The van der Waals surface area contributed by atoms with E-state index in [1.807, 2.05) is 24.3 Å². The van der Waals surface area contributed by atoms with Gasteiger partial charge in [-0.2, -0.15) is 0 Å². The predicted octanol–water partition coefficient (Wildman–Crippen LogP) is 3.85. The van der Waals surface area contributed by atoms with Crippen molar-refractivity contribution in [1.29, 1.82) is 0 Å². The Morgan fingerprint density at radius 2 is 1.74 bits per heavy atom. The Bertz CT molecular complexity index is 850. The number of hydrogen-bond donors (Lipinski definition) is 1. The molecular formula is C20H25ClN2O3S. The van der Waals surface area contributed by atoms with Crippen LogP contribution in [0.4, 0.5) is 0 Å². The number of ether oxygens (including phenoxy) is 1. The maximum Gasteiger partial charge on any atom is 0.242 e. The zero-order valence-corrected chi connectivity index (χ0v) is 17.0. The van der Waals surface area contributed by atoms with E-state index in [0.717, 1.165) is 37.2 Å². The molecule has 2 aromatic rings. The van der Waals surface area contributed by atoms with Crippen molar-refractivity contribution in [3.8, 4) is 5.75 Å². The smallest absolute Gasteiger partial charge is 0.242 e. The van der Waals surface area contributed by atoms with Crippen LogP contribution in [0.25, 0.3) is 0 Å². The Morgan fingerprint density at radius 3 is 2.37 bits per heavy atom. The second kappa shape index (κ2) is 9.06. The minimum absolute atomic E-state index is 0.0338. The molecule has 1 aliphatic heterocycles. The van der Waals surface area contributed by atoms with Crippen molar-refractivity contribution in [2.45, 2.75) is 30.2 Å². The van der Waals surface area contributed by atoms with Crippen molar-refractivity contribution < 1.29 is 13.2 Å². The summed E-state index contributed by atoms with van der Waals surface area (Å²) in [5.41, 5.74) is 1.07. The highest BCUT2D eigenvalue weighted by molar-refractivity contribution is 7.89. The number of nitrogens with one attached hydrogen (secondary N) is 1. The van der Waals surface area contributed by atoms with Gasteiger partial charge in [0.2, 0.25) is 10.0 Å². The third-order valence-corrected chi connectivity index (χ3v) is 6.85. The van der Waals surface area contributed by atoms with Crippen molar-refractivity contribution in [3.63, 3.8) is 0 Å². The molecule has 1 heterocycles. The SMILES string of the molecule is COc1ccc([C@@H](CNS(=O)(=O)c2ccccc2Cl)N2CCCCC2)cc1. The second-order valence-corrected chi connectivity index (χ2v) is 8.81. The zero-order valence-electron chi connectivity index (χ0n) is 15.4. The Labute approximate surface area is 166 Å². The molecule has 5 nitrogen and oxygen atoms in total. The lowest BCUT2D eigenvalue weighted by atomic mass is 10.0. The summed E-state index contributed by atoms with van der Waals surface area (Å²) in [6.45, 7) is 2.22. The fraction of sp³-hybridized carbons (Fsp3) is 0.400. The van der Waals surface area contributed by atoms with E-state index < -0.39 is 10.0 Å². The minimum atomic E-state index is -3.68. The average molecular weight is 409 g/mol. The highest BCUT2D eigenvalue weighted by Gasteiger charge is 2.25. The number of likely N-dealkylation sites (tertiary alicyclic amines) is 1. The van der Waals surface area contributed by atoms with Crippen LogP contribution in [0.3, 0.4) is 0 Å². The maximum atomic E-state index is 12.7. The summed E-state index contributed by atoms with van der Waals surface area (Å²) in [7, 11) is -2.05. The molecule has 3 rings (SSSR count). The number of halogens is 1. The number of hydrogen-bond acceptors (Lipinski definition) is 4. The number of benzene rings is 2. The maximum absolute atomic E-state index is 12.7. The second-order valence-electron chi connectivity index (χ2n) is 6.67. The summed E-state index contributed by atoms with van der Waals surface area (Å²) >= 11 is 6.08. The molecule has 1 saturated heterocycles. The van der Waals surface area contributed by atoms with Crippen LogP contribution in [0.5, 0.6) is 5.75 Å². The molecule has 0 saturated carbocycles. The molecule has 146 valence electrons. The van der Waals surface area contributed by atoms with Gasteiger partial charge >= 0.3 is 0 Å². The first-order valence-electron chi connectivity index (χ1n) is 9.13. The number of rotatable bonds is 7. The van der Waals surface area contributed by atoms with Crippen molar-refractivity contribution in [2.75, 3.05) is 26.7 Å². The summed E-state index contributed by atoms with van der Waals surface area (Å²) in [5, 5.41) is 0.226. The number of piperidine rings is 1. The van der Waals surface area contributed by atoms with Gasteiger partial charge in [0, 0.05) is 12.6 Å². The molecule has 1 atom stereocenters. The fourth-order valence-corrected chi connectivity index (χ4v) is 5.00.